The van der Waals surface area contributed by atoms with Crippen molar-refractivity contribution in [3.8, 4) is 0 Å². The van der Waals surface area contributed by atoms with E-state index in [-0.39, 0.29) is 5.91 Å². The number of rotatable bonds is 8. The Morgan fingerprint density at radius 1 is 1.36 bits per heavy atom. The minimum absolute atomic E-state index is 0.194. The van der Waals surface area contributed by atoms with Gasteiger partial charge in [0.1, 0.15) is 0 Å². The van der Waals surface area contributed by atoms with Crippen LogP contribution < -0.4 is 5.73 Å². The molecule has 0 aliphatic heterocycles. The Hall–Kier alpha value is -0.610. The molecule has 4 heteroatoms. The second-order valence-corrected chi connectivity index (χ2v) is 3.41. The lowest BCUT2D eigenvalue weighted by molar-refractivity contribution is -0.130. The van der Waals surface area contributed by atoms with Crippen LogP contribution in [0.15, 0.2) is 0 Å². The standard InChI is InChI=1S/C10H22N2O2/c1-12(8-9-14-2)10(13)6-4-3-5-7-11/h3-9,11H2,1-2H3. The first-order valence-corrected chi connectivity index (χ1v) is 5.15. The Labute approximate surface area is 86.4 Å². The molecule has 14 heavy (non-hydrogen) atoms. The van der Waals surface area contributed by atoms with Gasteiger partial charge in [-0.15, -0.1) is 0 Å². The van der Waals surface area contributed by atoms with E-state index in [9.17, 15) is 4.79 Å². The molecule has 0 bridgehead atoms. The molecule has 0 saturated carbocycles. The van der Waals surface area contributed by atoms with E-state index >= 15 is 0 Å². The number of methoxy groups -OCH3 is 1. The van der Waals surface area contributed by atoms with Crippen molar-refractivity contribution in [1.82, 2.24) is 4.90 Å². The molecule has 0 heterocycles. The quantitative estimate of drug-likeness (QED) is 0.587. The second-order valence-electron chi connectivity index (χ2n) is 3.41. The highest BCUT2D eigenvalue weighted by Crippen LogP contribution is 2.01. The van der Waals surface area contributed by atoms with Crippen molar-refractivity contribution in [3.05, 3.63) is 0 Å². The molecule has 0 atom stereocenters. The molecule has 0 aliphatic rings. The number of ether oxygens (including phenoxy) is 1. The van der Waals surface area contributed by atoms with Gasteiger partial charge in [-0.25, -0.2) is 0 Å². The zero-order chi connectivity index (χ0) is 10.8. The fraction of sp³-hybridized carbons (Fsp3) is 0.900. The fourth-order valence-corrected chi connectivity index (χ4v) is 1.14. The van der Waals surface area contributed by atoms with Crippen LogP contribution in [0.5, 0.6) is 0 Å². The van der Waals surface area contributed by atoms with Crippen molar-refractivity contribution in [2.45, 2.75) is 25.7 Å². The Kier molecular flexibility index (Phi) is 8.57. The van der Waals surface area contributed by atoms with Crippen LogP contribution in [-0.4, -0.2) is 44.7 Å². The lowest BCUT2D eigenvalue weighted by Crippen LogP contribution is -2.29. The molecule has 0 aromatic rings. The third-order valence-electron chi connectivity index (χ3n) is 2.15. The van der Waals surface area contributed by atoms with Gasteiger partial charge in [-0.05, 0) is 19.4 Å². The summed E-state index contributed by atoms with van der Waals surface area (Å²) in [6.07, 6.45) is 3.61. The number of nitrogens with zero attached hydrogens (tertiary/aromatic N) is 1. The maximum Gasteiger partial charge on any atom is 0.222 e. The molecule has 4 nitrogen and oxygen atoms in total. The summed E-state index contributed by atoms with van der Waals surface area (Å²) in [5.74, 6) is 0.194. The number of unbranched alkanes of at least 4 members (excludes halogenated alkanes) is 2. The van der Waals surface area contributed by atoms with Gasteiger partial charge in [0.25, 0.3) is 0 Å². The molecular weight excluding hydrogens is 180 g/mol. The van der Waals surface area contributed by atoms with E-state index in [2.05, 4.69) is 0 Å². The van der Waals surface area contributed by atoms with E-state index in [4.69, 9.17) is 10.5 Å². The summed E-state index contributed by atoms with van der Waals surface area (Å²) in [4.78, 5) is 13.2. The van der Waals surface area contributed by atoms with E-state index in [0.717, 1.165) is 19.3 Å². The van der Waals surface area contributed by atoms with Crippen LogP contribution in [0.3, 0.4) is 0 Å². The van der Waals surface area contributed by atoms with Crippen LogP contribution >= 0.6 is 0 Å². The first-order chi connectivity index (χ1) is 6.72. The zero-order valence-corrected chi connectivity index (χ0v) is 9.29. The number of likely N-dealkylation sites (N-methyl/N-ethyl adjacent to an activating group) is 1. The van der Waals surface area contributed by atoms with E-state index in [1.54, 1.807) is 12.0 Å². The van der Waals surface area contributed by atoms with Crippen molar-refractivity contribution in [2.24, 2.45) is 5.73 Å². The summed E-state index contributed by atoms with van der Waals surface area (Å²) in [5.41, 5.74) is 5.36. The number of nitrogens with two attached hydrogens (primary N) is 1. The van der Waals surface area contributed by atoms with Gasteiger partial charge in [-0.1, -0.05) is 6.42 Å². The van der Waals surface area contributed by atoms with E-state index in [0.29, 0.717) is 26.1 Å². The molecular formula is C10H22N2O2. The largest absolute Gasteiger partial charge is 0.383 e. The Balaban J connectivity index is 3.42. The van der Waals surface area contributed by atoms with E-state index in [1.165, 1.54) is 0 Å². The average Bonchev–Trinajstić information content (AvgIpc) is 2.20. The summed E-state index contributed by atoms with van der Waals surface area (Å²) < 4.78 is 4.90. The zero-order valence-electron chi connectivity index (χ0n) is 9.29. The first kappa shape index (κ1) is 13.4. The maximum atomic E-state index is 11.5. The van der Waals surface area contributed by atoms with Gasteiger partial charge in [0.15, 0.2) is 0 Å². The third kappa shape index (κ3) is 6.86. The molecule has 0 aromatic heterocycles. The predicted molar refractivity (Wildman–Crippen MR) is 57.0 cm³/mol. The van der Waals surface area contributed by atoms with Gasteiger partial charge < -0.3 is 15.4 Å². The summed E-state index contributed by atoms with van der Waals surface area (Å²) in [5, 5.41) is 0. The monoisotopic (exact) mass is 202 g/mol. The lowest BCUT2D eigenvalue weighted by atomic mass is 10.2. The molecule has 0 spiro atoms. The minimum atomic E-state index is 0.194. The average molecular weight is 202 g/mol. The molecule has 0 rings (SSSR count). The van der Waals surface area contributed by atoms with Gasteiger partial charge in [-0.3, -0.25) is 4.79 Å². The first-order valence-electron chi connectivity index (χ1n) is 5.15. The Morgan fingerprint density at radius 2 is 2.07 bits per heavy atom. The second kappa shape index (κ2) is 8.97. The topological polar surface area (TPSA) is 55.6 Å². The molecule has 2 N–H and O–H groups in total. The number of carbonyl (C=O) groups is 1. The van der Waals surface area contributed by atoms with Crippen molar-refractivity contribution in [1.29, 1.82) is 0 Å². The van der Waals surface area contributed by atoms with Gasteiger partial charge in [0.05, 0.1) is 6.61 Å². The summed E-state index contributed by atoms with van der Waals surface area (Å²) in [7, 11) is 3.45. The van der Waals surface area contributed by atoms with Crippen molar-refractivity contribution < 1.29 is 9.53 Å². The van der Waals surface area contributed by atoms with Crippen molar-refractivity contribution in [2.75, 3.05) is 33.9 Å². The molecule has 0 saturated heterocycles. The summed E-state index contributed by atoms with van der Waals surface area (Å²) in [6, 6.07) is 0. The fourth-order valence-electron chi connectivity index (χ4n) is 1.14. The van der Waals surface area contributed by atoms with Crippen LogP contribution in [0.4, 0.5) is 0 Å². The maximum absolute atomic E-state index is 11.5. The number of amides is 1. The number of hydrogen-bond acceptors (Lipinski definition) is 3. The highest BCUT2D eigenvalue weighted by molar-refractivity contribution is 5.75. The lowest BCUT2D eigenvalue weighted by Gasteiger charge is -2.16. The molecule has 0 fully saturated rings. The molecule has 0 radical (unpaired) electrons. The summed E-state index contributed by atoms with van der Waals surface area (Å²) in [6.45, 7) is 1.99. The Morgan fingerprint density at radius 3 is 2.64 bits per heavy atom. The molecule has 0 unspecified atom stereocenters. The van der Waals surface area contributed by atoms with Gasteiger partial charge in [0, 0.05) is 27.1 Å². The van der Waals surface area contributed by atoms with E-state index in [1.807, 2.05) is 7.05 Å². The molecule has 1 amide bonds. The number of hydrogen-bond donors (Lipinski definition) is 1. The predicted octanol–water partition coefficient (Wildman–Crippen LogP) is 0.610. The van der Waals surface area contributed by atoms with Gasteiger partial charge >= 0.3 is 0 Å². The summed E-state index contributed by atoms with van der Waals surface area (Å²) >= 11 is 0. The smallest absolute Gasteiger partial charge is 0.222 e. The van der Waals surface area contributed by atoms with E-state index < -0.39 is 0 Å². The van der Waals surface area contributed by atoms with Crippen molar-refractivity contribution in [3.63, 3.8) is 0 Å². The Bertz CT molecular complexity index is 151. The normalized spacial score (nSPS) is 10.2. The highest BCUT2D eigenvalue weighted by atomic mass is 16.5. The van der Waals surface area contributed by atoms with Crippen LogP contribution in [0, 0.1) is 0 Å². The van der Waals surface area contributed by atoms with Gasteiger partial charge in [0.2, 0.25) is 5.91 Å². The number of carbonyl (C=O) groups excluding carboxylic acids is 1. The minimum Gasteiger partial charge on any atom is -0.383 e. The SMILES string of the molecule is COCCN(C)C(=O)CCCCCN. The third-order valence-corrected chi connectivity index (χ3v) is 2.15. The molecule has 0 aliphatic carbocycles. The van der Waals surface area contributed by atoms with Crippen LogP contribution in [0.2, 0.25) is 0 Å². The molecule has 0 aromatic carbocycles. The van der Waals surface area contributed by atoms with Crippen LogP contribution in [-0.2, 0) is 9.53 Å². The van der Waals surface area contributed by atoms with Crippen LogP contribution in [0.1, 0.15) is 25.7 Å². The molecule has 84 valence electrons. The van der Waals surface area contributed by atoms with Crippen molar-refractivity contribution >= 4 is 5.91 Å². The highest BCUT2D eigenvalue weighted by Gasteiger charge is 2.06. The van der Waals surface area contributed by atoms with Gasteiger partial charge in [-0.2, -0.15) is 0 Å². The van der Waals surface area contributed by atoms with Crippen LogP contribution in [0.25, 0.3) is 0 Å².